The first kappa shape index (κ1) is 21.3. The van der Waals surface area contributed by atoms with Gasteiger partial charge in [0.25, 0.3) is 0 Å². The number of hydrogen-bond donors (Lipinski definition) is 3. The van der Waals surface area contributed by atoms with Gasteiger partial charge in [0.05, 0.1) is 17.1 Å². The fraction of sp³-hybridized carbons (Fsp3) is 0.208. The standard InChI is InChI=1S/C24H23FN6O/c1-28-21(11-23(27)32)22-10-17(7-14-3-4-16(12-26)19(25)8-14)24(29-22)15-5-6-20-18(9-15)13-31(2)30-20/h3-6,8-10,13,21,28-29H,7,11H2,1-2H3,(H2,27,32). The highest BCUT2D eigenvalue weighted by molar-refractivity contribution is 5.84. The van der Waals surface area contributed by atoms with Crippen LogP contribution < -0.4 is 11.1 Å². The van der Waals surface area contributed by atoms with E-state index < -0.39 is 11.7 Å². The fourth-order valence-electron chi connectivity index (χ4n) is 3.96. The van der Waals surface area contributed by atoms with Crippen molar-refractivity contribution in [3.05, 3.63) is 76.9 Å². The van der Waals surface area contributed by atoms with Gasteiger partial charge in [-0.05, 0) is 60.5 Å². The average molecular weight is 430 g/mol. The summed E-state index contributed by atoms with van der Waals surface area (Å²) in [6, 6.07) is 14.2. The van der Waals surface area contributed by atoms with Gasteiger partial charge < -0.3 is 16.0 Å². The number of nitrogens with one attached hydrogen (secondary N) is 2. The topological polar surface area (TPSA) is 113 Å². The van der Waals surface area contributed by atoms with Crippen LogP contribution in [0.1, 0.15) is 34.8 Å². The van der Waals surface area contributed by atoms with E-state index in [-0.39, 0.29) is 18.0 Å². The SMILES string of the molecule is CNC(CC(N)=O)c1cc(Cc2ccc(C#N)c(F)c2)c(-c2ccc3nn(C)cc3c2)[nH]1. The van der Waals surface area contributed by atoms with Gasteiger partial charge >= 0.3 is 0 Å². The van der Waals surface area contributed by atoms with E-state index in [0.29, 0.717) is 6.42 Å². The van der Waals surface area contributed by atoms with Crippen molar-refractivity contribution in [2.45, 2.75) is 18.9 Å². The lowest BCUT2D eigenvalue weighted by Gasteiger charge is -2.12. The molecule has 0 fully saturated rings. The molecule has 1 atom stereocenters. The molecule has 0 radical (unpaired) electrons. The van der Waals surface area contributed by atoms with Crippen LogP contribution in [0, 0.1) is 17.1 Å². The van der Waals surface area contributed by atoms with Gasteiger partial charge in [0.2, 0.25) is 5.91 Å². The minimum atomic E-state index is -0.541. The Hall–Kier alpha value is -3.96. The van der Waals surface area contributed by atoms with Crippen LogP contribution in [0.25, 0.3) is 22.2 Å². The summed E-state index contributed by atoms with van der Waals surface area (Å²) in [6.45, 7) is 0. The van der Waals surface area contributed by atoms with Crippen molar-refractivity contribution in [1.29, 1.82) is 5.26 Å². The van der Waals surface area contributed by atoms with Crippen molar-refractivity contribution in [2.24, 2.45) is 12.8 Å². The zero-order chi connectivity index (χ0) is 22.8. The van der Waals surface area contributed by atoms with Crippen LogP contribution in [0.2, 0.25) is 0 Å². The molecule has 0 bridgehead atoms. The number of amides is 1. The molecule has 7 nitrogen and oxygen atoms in total. The molecular weight excluding hydrogens is 407 g/mol. The van der Waals surface area contributed by atoms with Crippen molar-refractivity contribution < 1.29 is 9.18 Å². The Morgan fingerprint density at radius 1 is 1.31 bits per heavy atom. The number of H-pyrrole nitrogens is 1. The Labute approximate surface area is 184 Å². The summed E-state index contributed by atoms with van der Waals surface area (Å²) in [5.74, 6) is -0.950. The number of halogens is 1. The average Bonchev–Trinajstić information content (AvgIpc) is 3.33. The van der Waals surface area contributed by atoms with E-state index in [1.54, 1.807) is 17.8 Å². The van der Waals surface area contributed by atoms with Crippen LogP contribution >= 0.6 is 0 Å². The molecule has 0 spiro atoms. The minimum Gasteiger partial charge on any atom is -0.370 e. The second-order valence-electron chi connectivity index (χ2n) is 7.82. The summed E-state index contributed by atoms with van der Waals surface area (Å²) in [5.41, 5.74) is 10.7. The third kappa shape index (κ3) is 4.24. The number of rotatable bonds is 7. The summed E-state index contributed by atoms with van der Waals surface area (Å²) in [4.78, 5) is 15.0. The van der Waals surface area contributed by atoms with Crippen LogP contribution in [0.15, 0.2) is 48.7 Å². The van der Waals surface area contributed by atoms with Crippen molar-refractivity contribution in [1.82, 2.24) is 20.1 Å². The lowest BCUT2D eigenvalue weighted by Crippen LogP contribution is -2.24. The van der Waals surface area contributed by atoms with E-state index >= 15 is 0 Å². The number of nitrogens with zero attached hydrogens (tertiary/aromatic N) is 3. The van der Waals surface area contributed by atoms with Crippen LogP contribution in [0.5, 0.6) is 0 Å². The Kier molecular flexibility index (Phi) is 5.75. The molecular formula is C24H23FN6O. The molecule has 2 aromatic heterocycles. The van der Waals surface area contributed by atoms with Gasteiger partial charge in [-0.15, -0.1) is 0 Å². The number of nitriles is 1. The van der Waals surface area contributed by atoms with E-state index in [2.05, 4.69) is 15.4 Å². The maximum absolute atomic E-state index is 14.2. The Bertz CT molecular complexity index is 1350. The fourth-order valence-corrected chi connectivity index (χ4v) is 3.96. The van der Waals surface area contributed by atoms with Crippen LogP contribution in [0.4, 0.5) is 4.39 Å². The number of carbonyl (C=O) groups is 1. The van der Waals surface area contributed by atoms with E-state index in [0.717, 1.165) is 39.0 Å². The van der Waals surface area contributed by atoms with E-state index in [4.69, 9.17) is 11.0 Å². The molecule has 2 heterocycles. The number of aromatic amines is 1. The molecule has 0 saturated carbocycles. The van der Waals surface area contributed by atoms with Gasteiger partial charge in [0.15, 0.2) is 0 Å². The monoisotopic (exact) mass is 430 g/mol. The molecule has 0 aliphatic rings. The molecule has 0 aliphatic carbocycles. The molecule has 2 aromatic carbocycles. The van der Waals surface area contributed by atoms with E-state index in [1.807, 2.05) is 43.6 Å². The third-order valence-corrected chi connectivity index (χ3v) is 5.51. The van der Waals surface area contributed by atoms with Gasteiger partial charge in [-0.25, -0.2) is 4.39 Å². The number of hydrogen-bond acceptors (Lipinski definition) is 4. The number of primary amides is 1. The normalized spacial score (nSPS) is 12.1. The summed E-state index contributed by atoms with van der Waals surface area (Å²) in [6.07, 6.45) is 2.54. The van der Waals surface area contributed by atoms with Gasteiger partial charge in [-0.1, -0.05) is 12.1 Å². The highest BCUT2D eigenvalue weighted by Crippen LogP contribution is 2.31. The van der Waals surface area contributed by atoms with Gasteiger partial charge in [-0.3, -0.25) is 9.48 Å². The number of fused-ring (bicyclic) bond motifs is 1. The first-order chi connectivity index (χ1) is 15.4. The molecule has 162 valence electrons. The summed E-state index contributed by atoms with van der Waals surface area (Å²) in [5, 5.41) is 17.5. The number of nitrogens with two attached hydrogens (primary N) is 1. The highest BCUT2D eigenvalue weighted by Gasteiger charge is 2.19. The lowest BCUT2D eigenvalue weighted by atomic mass is 9.99. The first-order valence-electron chi connectivity index (χ1n) is 10.2. The first-order valence-corrected chi connectivity index (χ1v) is 10.2. The van der Waals surface area contributed by atoms with Crippen molar-refractivity contribution in [2.75, 3.05) is 7.05 Å². The molecule has 32 heavy (non-hydrogen) atoms. The number of aromatic nitrogens is 3. The van der Waals surface area contributed by atoms with Crippen molar-refractivity contribution in [3.63, 3.8) is 0 Å². The summed E-state index contributed by atoms with van der Waals surface area (Å²) < 4.78 is 15.9. The van der Waals surface area contributed by atoms with Gasteiger partial charge in [0, 0.05) is 36.4 Å². The van der Waals surface area contributed by atoms with E-state index in [9.17, 15) is 9.18 Å². The third-order valence-electron chi connectivity index (χ3n) is 5.51. The highest BCUT2D eigenvalue weighted by atomic mass is 19.1. The van der Waals surface area contributed by atoms with Crippen molar-refractivity contribution in [3.8, 4) is 17.3 Å². The lowest BCUT2D eigenvalue weighted by molar-refractivity contribution is -0.118. The molecule has 4 aromatic rings. The molecule has 4 N–H and O–H groups in total. The second-order valence-corrected chi connectivity index (χ2v) is 7.82. The summed E-state index contributed by atoms with van der Waals surface area (Å²) in [7, 11) is 3.64. The maximum Gasteiger partial charge on any atom is 0.219 e. The van der Waals surface area contributed by atoms with Crippen molar-refractivity contribution >= 4 is 16.8 Å². The maximum atomic E-state index is 14.2. The number of carbonyl (C=O) groups excluding carboxylic acids is 1. The molecule has 0 aliphatic heterocycles. The predicted molar refractivity (Wildman–Crippen MR) is 120 cm³/mol. The number of aryl methyl sites for hydroxylation is 1. The Morgan fingerprint density at radius 3 is 2.81 bits per heavy atom. The Balaban J connectivity index is 1.79. The molecule has 4 rings (SSSR count). The van der Waals surface area contributed by atoms with Gasteiger partial charge in [0.1, 0.15) is 11.9 Å². The van der Waals surface area contributed by atoms with Gasteiger partial charge in [-0.2, -0.15) is 10.4 Å². The molecule has 0 saturated heterocycles. The minimum absolute atomic E-state index is 0.0162. The molecule has 8 heteroatoms. The summed E-state index contributed by atoms with van der Waals surface area (Å²) >= 11 is 0. The largest absolute Gasteiger partial charge is 0.370 e. The smallest absolute Gasteiger partial charge is 0.219 e. The quantitative estimate of drug-likeness (QED) is 0.417. The zero-order valence-electron chi connectivity index (χ0n) is 17.8. The second kappa shape index (κ2) is 8.65. The Morgan fingerprint density at radius 2 is 2.12 bits per heavy atom. The van der Waals surface area contributed by atoms with Crippen LogP contribution in [-0.4, -0.2) is 27.7 Å². The molecule has 1 amide bonds. The predicted octanol–water partition coefficient (Wildman–Crippen LogP) is 3.31. The van der Waals surface area contributed by atoms with E-state index in [1.165, 1.54) is 12.1 Å². The van der Waals surface area contributed by atoms with Crippen LogP contribution in [-0.2, 0) is 18.3 Å². The zero-order valence-corrected chi connectivity index (χ0v) is 17.8. The molecule has 1 unspecified atom stereocenters. The number of benzene rings is 2. The van der Waals surface area contributed by atoms with Crippen LogP contribution in [0.3, 0.4) is 0 Å².